The lowest BCUT2D eigenvalue weighted by molar-refractivity contribution is -0.115. The van der Waals surface area contributed by atoms with Crippen LogP contribution in [0.4, 0.5) is 5.13 Å². The summed E-state index contributed by atoms with van der Waals surface area (Å²) in [6.45, 7) is 11.8. The van der Waals surface area contributed by atoms with Gasteiger partial charge in [-0.2, -0.15) is 5.10 Å². The summed E-state index contributed by atoms with van der Waals surface area (Å²) in [5.41, 5.74) is 8.60. The number of amides is 1. The quantitative estimate of drug-likeness (QED) is 0.475. The molecule has 0 saturated carbocycles. The van der Waals surface area contributed by atoms with Gasteiger partial charge in [0.05, 0.1) is 17.8 Å². The Labute approximate surface area is 191 Å². The fourth-order valence-electron chi connectivity index (χ4n) is 3.81. The molecule has 164 valence electrons. The van der Waals surface area contributed by atoms with Crippen molar-refractivity contribution in [2.75, 3.05) is 5.32 Å². The second-order valence-corrected chi connectivity index (χ2v) is 8.95. The van der Waals surface area contributed by atoms with E-state index in [9.17, 15) is 4.79 Å². The first-order valence-electron chi connectivity index (χ1n) is 10.4. The summed E-state index contributed by atoms with van der Waals surface area (Å²) >= 11 is 1.43. The first-order chi connectivity index (χ1) is 15.2. The number of nitrogens with one attached hydrogen (secondary N) is 1. The lowest BCUT2D eigenvalue weighted by Gasteiger charge is -2.06. The van der Waals surface area contributed by atoms with Gasteiger partial charge in [0.25, 0.3) is 5.95 Å². The van der Waals surface area contributed by atoms with Crippen molar-refractivity contribution < 1.29 is 4.79 Å². The molecule has 0 saturated heterocycles. The Hall–Kier alpha value is -3.39. The number of anilines is 1. The van der Waals surface area contributed by atoms with Crippen molar-refractivity contribution in [3.8, 4) is 17.2 Å². The highest BCUT2D eigenvalue weighted by molar-refractivity contribution is 7.14. The number of nitrogens with zero attached hydrogens (tertiary/aromatic N) is 5. The van der Waals surface area contributed by atoms with Crippen LogP contribution in [0.3, 0.4) is 0 Å². The van der Waals surface area contributed by atoms with Crippen LogP contribution in [0, 0.1) is 41.5 Å². The predicted octanol–water partition coefficient (Wildman–Crippen LogP) is 4.82. The molecule has 0 fully saturated rings. The Morgan fingerprint density at radius 3 is 2.41 bits per heavy atom. The average Bonchev–Trinajstić information content (AvgIpc) is 3.27. The third-order valence-electron chi connectivity index (χ3n) is 5.35. The number of hydrogen-bond acceptors (Lipinski definition) is 6. The Kier molecular flexibility index (Phi) is 5.88. The normalized spacial score (nSPS) is 11.1. The van der Waals surface area contributed by atoms with Crippen molar-refractivity contribution in [3.63, 3.8) is 0 Å². The zero-order valence-corrected chi connectivity index (χ0v) is 20.0. The lowest BCUT2D eigenvalue weighted by atomic mass is 10.0. The van der Waals surface area contributed by atoms with E-state index in [0.29, 0.717) is 11.1 Å². The molecule has 8 heteroatoms. The Morgan fingerprint density at radius 1 is 1.00 bits per heavy atom. The van der Waals surface area contributed by atoms with Crippen molar-refractivity contribution >= 4 is 22.4 Å². The number of carbonyl (C=O) groups excluding carboxylic acids is 1. The number of thiazole rings is 1. The van der Waals surface area contributed by atoms with Gasteiger partial charge >= 0.3 is 0 Å². The van der Waals surface area contributed by atoms with E-state index in [-0.39, 0.29) is 12.3 Å². The molecular formula is C24H26N6OS. The molecule has 3 heterocycles. The average molecular weight is 447 g/mol. The maximum atomic E-state index is 12.8. The molecule has 0 atom stereocenters. The number of carbonyl (C=O) groups is 1. The summed E-state index contributed by atoms with van der Waals surface area (Å²) < 4.78 is 1.71. The van der Waals surface area contributed by atoms with E-state index in [0.717, 1.165) is 39.6 Å². The Morgan fingerprint density at radius 2 is 1.72 bits per heavy atom. The fraction of sp³-hybridized carbons (Fsp3) is 0.292. The van der Waals surface area contributed by atoms with Gasteiger partial charge in [-0.25, -0.2) is 19.6 Å². The number of aryl methyl sites for hydroxylation is 5. The van der Waals surface area contributed by atoms with Crippen LogP contribution in [0.2, 0.25) is 0 Å². The molecule has 7 nitrogen and oxygen atoms in total. The molecule has 1 aromatic carbocycles. The highest BCUT2D eigenvalue weighted by Crippen LogP contribution is 2.28. The van der Waals surface area contributed by atoms with Gasteiger partial charge < -0.3 is 5.32 Å². The SMILES string of the molecule is Cc1ccc(-c2csc(NC(=O)Cc3c(C)nn(-c4nc(C)cc(C)n4)c3C)n2)c(C)c1. The summed E-state index contributed by atoms with van der Waals surface area (Å²) in [6.07, 6.45) is 0.209. The molecule has 32 heavy (non-hydrogen) atoms. The van der Waals surface area contributed by atoms with Crippen LogP contribution >= 0.6 is 11.3 Å². The highest BCUT2D eigenvalue weighted by atomic mass is 32.1. The van der Waals surface area contributed by atoms with Gasteiger partial charge in [-0.15, -0.1) is 11.3 Å². The zero-order chi connectivity index (χ0) is 23.0. The molecular weight excluding hydrogens is 420 g/mol. The third-order valence-corrected chi connectivity index (χ3v) is 6.10. The molecule has 0 aliphatic heterocycles. The second kappa shape index (κ2) is 8.63. The summed E-state index contributed by atoms with van der Waals surface area (Å²) in [7, 11) is 0. The van der Waals surface area contributed by atoms with Gasteiger partial charge in [0.1, 0.15) is 0 Å². The predicted molar refractivity (Wildman–Crippen MR) is 127 cm³/mol. The van der Waals surface area contributed by atoms with Crippen LogP contribution in [-0.2, 0) is 11.2 Å². The molecule has 0 bridgehead atoms. The van der Waals surface area contributed by atoms with Crippen LogP contribution in [0.15, 0.2) is 29.6 Å². The summed E-state index contributed by atoms with van der Waals surface area (Å²) in [5, 5.41) is 10.1. The number of benzene rings is 1. The zero-order valence-electron chi connectivity index (χ0n) is 19.1. The van der Waals surface area contributed by atoms with Gasteiger partial charge in [-0.05, 0) is 53.2 Å². The van der Waals surface area contributed by atoms with Crippen molar-refractivity contribution in [1.82, 2.24) is 24.7 Å². The minimum absolute atomic E-state index is 0.126. The third kappa shape index (κ3) is 4.45. The topological polar surface area (TPSA) is 85.6 Å². The first-order valence-corrected chi connectivity index (χ1v) is 11.3. The molecule has 4 rings (SSSR count). The molecule has 0 radical (unpaired) electrons. The van der Waals surface area contributed by atoms with Crippen molar-refractivity contribution in [2.45, 2.75) is 48.0 Å². The maximum absolute atomic E-state index is 12.8. The van der Waals surface area contributed by atoms with E-state index >= 15 is 0 Å². The largest absolute Gasteiger partial charge is 0.302 e. The van der Waals surface area contributed by atoms with Gasteiger partial charge in [-0.1, -0.05) is 23.8 Å². The molecule has 3 aromatic heterocycles. The molecule has 0 aliphatic carbocycles. The Balaban J connectivity index is 1.52. The van der Waals surface area contributed by atoms with Gasteiger partial charge in [0.2, 0.25) is 5.91 Å². The Bertz CT molecular complexity index is 1300. The van der Waals surface area contributed by atoms with E-state index < -0.39 is 0 Å². The van der Waals surface area contributed by atoms with Gasteiger partial charge in [0, 0.05) is 33.6 Å². The molecule has 0 unspecified atom stereocenters. The van der Waals surface area contributed by atoms with Crippen LogP contribution in [-0.4, -0.2) is 30.6 Å². The maximum Gasteiger partial charge on any atom is 0.251 e. The van der Waals surface area contributed by atoms with E-state index in [1.54, 1.807) is 4.68 Å². The van der Waals surface area contributed by atoms with Crippen molar-refractivity contribution in [1.29, 1.82) is 0 Å². The molecule has 0 aliphatic rings. The summed E-state index contributed by atoms with van der Waals surface area (Å²) in [5.74, 6) is 0.395. The van der Waals surface area contributed by atoms with Crippen LogP contribution in [0.1, 0.15) is 39.5 Å². The van der Waals surface area contributed by atoms with E-state index in [1.165, 1.54) is 22.5 Å². The van der Waals surface area contributed by atoms with Crippen LogP contribution in [0.25, 0.3) is 17.2 Å². The monoisotopic (exact) mass is 446 g/mol. The second-order valence-electron chi connectivity index (χ2n) is 8.09. The van der Waals surface area contributed by atoms with Crippen LogP contribution in [0.5, 0.6) is 0 Å². The van der Waals surface area contributed by atoms with Gasteiger partial charge in [-0.3, -0.25) is 4.79 Å². The van der Waals surface area contributed by atoms with Crippen molar-refractivity contribution in [3.05, 3.63) is 69.1 Å². The minimum atomic E-state index is -0.126. The number of aromatic nitrogens is 5. The molecule has 0 spiro atoms. The lowest BCUT2D eigenvalue weighted by Crippen LogP contribution is -2.15. The van der Waals surface area contributed by atoms with E-state index in [4.69, 9.17) is 0 Å². The first kappa shape index (κ1) is 21.8. The molecule has 1 N–H and O–H groups in total. The molecule has 1 amide bonds. The standard InChI is InChI=1S/C24H26N6OS/c1-13-7-8-19(14(2)9-13)21-12-32-24(27-21)28-22(31)11-20-17(5)29-30(18(20)6)23-25-15(3)10-16(4)26-23/h7-10,12H,11H2,1-6H3,(H,27,28,31). The number of rotatable bonds is 5. The highest BCUT2D eigenvalue weighted by Gasteiger charge is 2.18. The van der Waals surface area contributed by atoms with Crippen LogP contribution < -0.4 is 5.32 Å². The molecule has 4 aromatic rings. The fourth-order valence-corrected chi connectivity index (χ4v) is 4.53. The van der Waals surface area contributed by atoms with E-state index in [1.807, 2.05) is 39.1 Å². The van der Waals surface area contributed by atoms with Gasteiger partial charge in [0.15, 0.2) is 5.13 Å². The number of hydrogen-bond donors (Lipinski definition) is 1. The smallest absolute Gasteiger partial charge is 0.251 e. The summed E-state index contributed by atoms with van der Waals surface area (Å²) in [4.78, 5) is 26.4. The van der Waals surface area contributed by atoms with Crippen molar-refractivity contribution in [2.24, 2.45) is 0 Å². The van der Waals surface area contributed by atoms with E-state index in [2.05, 4.69) is 57.4 Å². The summed E-state index contributed by atoms with van der Waals surface area (Å²) in [6, 6.07) is 8.20. The minimum Gasteiger partial charge on any atom is -0.302 e.